The largest absolute Gasteiger partial charge is 0.482 e. The summed E-state index contributed by atoms with van der Waals surface area (Å²) in [5.41, 5.74) is 17.8. The van der Waals surface area contributed by atoms with Gasteiger partial charge in [0.15, 0.2) is 0 Å². The Hall–Kier alpha value is -7.88. The molecule has 0 spiro atoms. The van der Waals surface area contributed by atoms with Crippen molar-refractivity contribution in [3.05, 3.63) is 253 Å². The Kier molecular flexibility index (Phi) is 8.98. The molecule has 0 radical (unpaired) electrons. The highest BCUT2D eigenvalue weighted by Gasteiger charge is 2.40. The van der Waals surface area contributed by atoms with Crippen LogP contribution in [0.5, 0.6) is 5.75 Å². The summed E-state index contributed by atoms with van der Waals surface area (Å²) in [6.45, 7) is 4.71. The highest BCUT2D eigenvalue weighted by Crippen LogP contribution is 2.53. The topological polar surface area (TPSA) is 15.7 Å². The zero-order valence-corrected chi connectivity index (χ0v) is 35.9. The Bertz CT molecular complexity index is 3220. The standard InChI is InChI=1S/C61H46N2O/c1-61(2)55-26-13-12-23-51(55)52-37-36-49(39-56(52)61)63(48-34-32-44(33-35-48)43-30-28-42(29-31-43)41-16-6-3-7-17-41)57-27-15-25-54-53-24-14-18-45-38-50(40-58(59(45)53)64-60(54)57)62(46-19-8-4-9-20-46)47-21-10-5-11-22-47/h3-40,54,60H,1-2H3. The maximum Gasteiger partial charge on any atom is 0.149 e. The van der Waals surface area contributed by atoms with E-state index in [1.165, 1.54) is 55.5 Å². The molecule has 9 aromatic rings. The van der Waals surface area contributed by atoms with Crippen LogP contribution in [0.2, 0.25) is 0 Å². The van der Waals surface area contributed by atoms with Gasteiger partial charge in [-0.15, -0.1) is 0 Å². The van der Waals surface area contributed by atoms with Crippen molar-refractivity contribution in [2.75, 3.05) is 9.80 Å². The summed E-state index contributed by atoms with van der Waals surface area (Å²) in [7, 11) is 0. The Morgan fingerprint density at radius 1 is 0.438 bits per heavy atom. The molecule has 0 N–H and O–H groups in total. The first kappa shape index (κ1) is 37.8. The highest BCUT2D eigenvalue weighted by atomic mass is 16.5. The van der Waals surface area contributed by atoms with Crippen molar-refractivity contribution in [2.24, 2.45) is 0 Å². The van der Waals surface area contributed by atoms with Crippen LogP contribution in [0.25, 0.3) is 44.2 Å². The number of ether oxygens (including phenoxy) is 1. The maximum atomic E-state index is 7.44. The summed E-state index contributed by atoms with van der Waals surface area (Å²) in [6, 6.07) is 77.0. The van der Waals surface area contributed by atoms with Crippen LogP contribution in [0.15, 0.2) is 236 Å². The number of fused-ring (bicyclic) bond motifs is 5. The Morgan fingerprint density at radius 2 is 1.00 bits per heavy atom. The van der Waals surface area contributed by atoms with Gasteiger partial charge in [0.1, 0.15) is 11.9 Å². The van der Waals surface area contributed by atoms with Gasteiger partial charge in [0.05, 0.1) is 11.4 Å². The van der Waals surface area contributed by atoms with Crippen LogP contribution in [0.3, 0.4) is 0 Å². The van der Waals surface area contributed by atoms with Crippen molar-refractivity contribution < 1.29 is 4.74 Å². The molecule has 0 bridgehead atoms. The lowest BCUT2D eigenvalue weighted by atomic mass is 9.81. The first-order valence-electron chi connectivity index (χ1n) is 22.3. The Balaban J connectivity index is 0.973. The fourth-order valence-corrected chi connectivity index (χ4v) is 10.5. The predicted octanol–water partition coefficient (Wildman–Crippen LogP) is 16.1. The monoisotopic (exact) mass is 822 g/mol. The molecule has 306 valence electrons. The van der Waals surface area contributed by atoms with Gasteiger partial charge in [-0.25, -0.2) is 0 Å². The third-order valence-electron chi connectivity index (χ3n) is 13.6. The normalized spacial score (nSPS) is 16.2. The van der Waals surface area contributed by atoms with E-state index < -0.39 is 0 Å². The van der Waals surface area contributed by atoms with E-state index in [4.69, 9.17) is 4.74 Å². The van der Waals surface area contributed by atoms with Crippen LogP contribution in [-0.2, 0) is 5.41 Å². The Morgan fingerprint density at radius 3 is 1.69 bits per heavy atom. The lowest BCUT2D eigenvalue weighted by Gasteiger charge is -2.41. The van der Waals surface area contributed by atoms with E-state index in [2.05, 4.69) is 254 Å². The number of anilines is 5. The van der Waals surface area contributed by atoms with Crippen LogP contribution in [-0.4, -0.2) is 6.10 Å². The molecule has 0 saturated carbocycles. The molecule has 9 aromatic carbocycles. The van der Waals surface area contributed by atoms with E-state index in [1.54, 1.807) is 0 Å². The summed E-state index contributed by atoms with van der Waals surface area (Å²) >= 11 is 0. The number of rotatable bonds is 8. The average Bonchev–Trinajstić information content (AvgIpc) is 3.58. The highest BCUT2D eigenvalue weighted by molar-refractivity contribution is 5.98. The molecular weight excluding hydrogens is 777 g/mol. The molecule has 64 heavy (non-hydrogen) atoms. The first-order valence-corrected chi connectivity index (χ1v) is 22.3. The quantitative estimate of drug-likeness (QED) is 0.152. The second kappa shape index (κ2) is 15.2. The predicted molar refractivity (Wildman–Crippen MR) is 266 cm³/mol. The van der Waals surface area contributed by atoms with E-state index in [0.29, 0.717) is 0 Å². The fraction of sp³-hybridized carbons (Fsp3) is 0.0820. The molecule has 3 nitrogen and oxygen atoms in total. The third kappa shape index (κ3) is 6.27. The molecule has 3 aliphatic rings. The molecule has 0 fully saturated rings. The van der Waals surface area contributed by atoms with Crippen molar-refractivity contribution in [3.63, 3.8) is 0 Å². The third-order valence-corrected chi connectivity index (χ3v) is 13.6. The fourth-order valence-electron chi connectivity index (χ4n) is 10.5. The SMILES string of the molecule is CC1(C)c2ccccc2-c2ccc(N(C3=CC=CC4c5cccc6cc(N(c7ccccc7)c7ccccc7)cc(c56)OC34)c3ccc(-c4ccc(-c5ccccc5)cc4)cc3)cc21. The zero-order chi connectivity index (χ0) is 42.8. The number of hydrogen-bond acceptors (Lipinski definition) is 3. The molecule has 0 aromatic heterocycles. The second-order valence-corrected chi connectivity index (χ2v) is 17.7. The summed E-state index contributed by atoms with van der Waals surface area (Å²) in [4.78, 5) is 4.76. The van der Waals surface area contributed by atoms with E-state index in [1.807, 2.05) is 0 Å². The van der Waals surface area contributed by atoms with Crippen LogP contribution in [0, 0.1) is 0 Å². The van der Waals surface area contributed by atoms with Crippen molar-refractivity contribution in [1.82, 2.24) is 0 Å². The smallest absolute Gasteiger partial charge is 0.149 e. The molecule has 1 aliphatic heterocycles. The molecule has 0 saturated heterocycles. The molecule has 2 unspecified atom stereocenters. The van der Waals surface area contributed by atoms with E-state index >= 15 is 0 Å². The number of allylic oxidation sites excluding steroid dienone is 2. The molecular formula is C61H46N2O. The minimum atomic E-state index is -0.288. The summed E-state index contributed by atoms with van der Waals surface area (Å²) in [5.74, 6) is 0.906. The molecule has 1 heterocycles. The number of hydrogen-bond donors (Lipinski definition) is 0. The summed E-state index contributed by atoms with van der Waals surface area (Å²) in [6.07, 6.45) is 6.53. The van der Waals surface area contributed by atoms with E-state index in [9.17, 15) is 0 Å². The van der Waals surface area contributed by atoms with Crippen LogP contribution in [0.4, 0.5) is 28.4 Å². The van der Waals surface area contributed by atoms with Crippen molar-refractivity contribution in [1.29, 1.82) is 0 Å². The molecule has 2 atom stereocenters. The summed E-state index contributed by atoms with van der Waals surface area (Å²) in [5, 5.41) is 2.33. The number of benzene rings is 9. The minimum Gasteiger partial charge on any atom is -0.482 e. The first-order chi connectivity index (χ1) is 31.5. The van der Waals surface area contributed by atoms with E-state index in [-0.39, 0.29) is 17.4 Å². The van der Waals surface area contributed by atoms with Gasteiger partial charge in [-0.1, -0.05) is 178 Å². The molecule has 12 rings (SSSR count). The van der Waals surface area contributed by atoms with Crippen molar-refractivity contribution in [3.8, 4) is 39.1 Å². The van der Waals surface area contributed by atoms with Gasteiger partial charge in [0, 0.05) is 45.5 Å². The van der Waals surface area contributed by atoms with Gasteiger partial charge in [-0.05, 0) is 116 Å². The lowest BCUT2D eigenvalue weighted by molar-refractivity contribution is 0.213. The molecule has 3 heteroatoms. The van der Waals surface area contributed by atoms with Gasteiger partial charge < -0.3 is 14.5 Å². The molecule has 2 aliphatic carbocycles. The van der Waals surface area contributed by atoms with E-state index in [0.717, 1.165) is 45.3 Å². The van der Waals surface area contributed by atoms with Gasteiger partial charge in [-0.3, -0.25) is 0 Å². The van der Waals surface area contributed by atoms with Crippen LogP contribution < -0.4 is 14.5 Å². The zero-order valence-electron chi connectivity index (χ0n) is 35.9. The summed E-state index contributed by atoms with van der Waals surface area (Å²) < 4.78 is 7.44. The lowest BCUT2D eigenvalue weighted by Crippen LogP contribution is -2.38. The number of para-hydroxylation sites is 2. The van der Waals surface area contributed by atoms with Gasteiger partial charge in [0.25, 0.3) is 0 Å². The maximum absolute atomic E-state index is 7.44. The second-order valence-electron chi connectivity index (χ2n) is 17.7. The van der Waals surface area contributed by atoms with Crippen molar-refractivity contribution >= 4 is 39.2 Å². The van der Waals surface area contributed by atoms with Crippen LogP contribution >= 0.6 is 0 Å². The van der Waals surface area contributed by atoms with Crippen molar-refractivity contribution in [2.45, 2.75) is 31.3 Å². The molecule has 0 amide bonds. The minimum absolute atomic E-state index is 0.0152. The van der Waals surface area contributed by atoms with Gasteiger partial charge in [-0.2, -0.15) is 0 Å². The van der Waals surface area contributed by atoms with Gasteiger partial charge >= 0.3 is 0 Å². The van der Waals surface area contributed by atoms with Gasteiger partial charge in [0.2, 0.25) is 0 Å². The number of nitrogens with zero attached hydrogens (tertiary/aromatic N) is 2. The Labute approximate surface area is 375 Å². The van der Waals surface area contributed by atoms with Crippen LogP contribution in [0.1, 0.15) is 36.5 Å². The average molecular weight is 823 g/mol.